The molecule has 0 aliphatic carbocycles. The first-order valence-corrected chi connectivity index (χ1v) is 3.49. The lowest BCUT2D eigenvalue weighted by Crippen LogP contribution is -2.11. The molecular weight excluding hydrogens is 209 g/mol. The molecule has 0 aliphatic heterocycles. The van der Waals surface area contributed by atoms with E-state index in [4.69, 9.17) is 5.73 Å². The Labute approximate surface area is 75.3 Å². The zero-order chi connectivity index (χ0) is 10.9. The smallest absolute Gasteiger partial charge is 0.396 e. The van der Waals surface area contributed by atoms with E-state index in [9.17, 15) is 22.0 Å². The molecule has 14 heavy (non-hydrogen) atoms. The van der Waals surface area contributed by atoms with Gasteiger partial charge in [0.2, 0.25) is 0 Å². The van der Waals surface area contributed by atoms with Crippen LogP contribution in [0.4, 0.5) is 27.6 Å². The largest absolute Gasteiger partial charge is 0.437 e. The van der Waals surface area contributed by atoms with Gasteiger partial charge in [0, 0.05) is 6.20 Å². The summed E-state index contributed by atoms with van der Waals surface area (Å²) in [7, 11) is 0. The van der Waals surface area contributed by atoms with Crippen molar-refractivity contribution >= 4 is 5.69 Å². The third-order valence-electron chi connectivity index (χ3n) is 1.38. The van der Waals surface area contributed by atoms with E-state index in [-0.39, 0.29) is 0 Å². The van der Waals surface area contributed by atoms with Gasteiger partial charge in [-0.2, -0.15) is 18.3 Å². The molecule has 1 aromatic heterocycles. The molecule has 0 saturated heterocycles. The molecule has 0 aromatic carbocycles. The fourth-order valence-electron chi connectivity index (χ4n) is 0.892. The SMILES string of the molecule is Nc1cn(CC(F)F)nc1C(F)(F)F. The van der Waals surface area contributed by atoms with E-state index in [0.717, 1.165) is 6.20 Å². The van der Waals surface area contributed by atoms with Crippen molar-refractivity contribution in [1.29, 1.82) is 0 Å². The lowest BCUT2D eigenvalue weighted by molar-refractivity contribution is -0.140. The highest BCUT2D eigenvalue weighted by molar-refractivity contribution is 5.42. The van der Waals surface area contributed by atoms with Gasteiger partial charge in [-0.3, -0.25) is 4.68 Å². The average Bonchev–Trinajstić information content (AvgIpc) is 2.27. The maximum absolute atomic E-state index is 12.1. The summed E-state index contributed by atoms with van der Waals surface area (Å²) in [5, 5.41) is 2.91. The first-order valence-electron chi connectivity index (χ1n) is 3.49. The molecule has 0 atom stereocenters. The van der Waals surface area contributed by atoms with Gasteiger partial charge in [-0.05, 0) is 0 Å². The predicted molar refractivity (Wildman–Crippen MR) is 37.6 cm³/mol. The van der Waals surface area contributed by atoms with Crippen LogP contribution in [-0.4, -0.2) is 16.2 Å². The number of nitrogen functional groups attached to an aromatic ring is 1. The number of nitrogens with zero attached hydrogens (tertiary/aromatic N) is 2. The highest BCUT2D eigenvalue weighted by Crippen LogP contribution is 2.31. The van der Waals surface area contributed by atoms with Crippen LogP contribution in [0.3, 0.4) is 0 Å². The number of hydrogen-bond acceptors (Lipinski definition) is 2. The third kappa shape index (κ3) is 2.33. The van der Waals surface area contributed by atoms with Gasteiger partial charge >= 0.3 is 6.18 Å². The maximum Gasteiger partial charge on any atom is 0.437 e. The summed E-state index contributed by atoms with van der Waals surface area (Å²) in [4.78, 5) is 0. The van der Waals surface area contributed by atoms with E-state index < -0.39 is 30.5 Å². The first-order chi connectivity index (χ1) is 6.30. The fourth-order valence-corrected chi connectivity index (χ4v) is 0.892. The Morgan fingerprint density at radius 2 is 2.00 bits per heavy atom. The molecule has 0 saturated carbocycles. The monoisotopic (exact) mass is 215 g/mol. The standard InChI is InChI=1S/C6H6F5N3/c7-4(8)2-14-1-3(12)5(13-14)6(9,10)11/h1,4H,2,12H2. The summed E-state index contributed by atoms with van der Waals surface area (Å²) < 4.78 is 60.2. The number of rotatable bonds is 2. The van der Waals surface area contributed by atoms with Crippen LogP contribution in [0.2, 0.25) is 0 Å². The van der Waals surface area contributed by atoms with Gasteiger partial charge in [0.15, 0.2) is 5.69 Å². The van der Waals surface area contributed by atoms with Crippen molar-refractivity contribution < 1.29 is 22.0 Å². The van der Waals surface area contributed by atoms with Crippen LogP contribution in [0.1, 0.15) is 5.69 Å². The molecule has 3 nitrogen and oxygen atoms in total. The van der Waals surface area contributed by atoms with E-state index in [1.807, 2.05) is 0 Å². The Morgan fingerprint density at radius 1 is 1.43 bits per heavy atom. The van der Waals surface area contributed by atoms with E-state index in [2.05, 4.69) is 5.10 Å². The van der Waals surface area contributed by atoms with Crippen LogP contribution < -0.4 is 5.73 Å². The highest BCUT2D eigenvalue weighted by Gasteiger charge is 2.36. The molecule has 2 N–H and O–H groups in total. The Morgan fingerprint density at radius 3 is 2.36 bits per heavy atom. The van der Waals surface area contributed by atoms with Crippen molar-refractivity contribution in [3.8, 4) is 0 Å². The fraction of sp³-hybridized carbons (Fsp3) is 0.500. The molecule has 0 spiro atoms. The van der Waals surface area contributed by atoms with Gasteiger partial charge in [0.25, 0.3) is 6.43 Å². The zero-order valence-electron chi connectivity index (χ0n) is 6.72. The predicted octanol–water partition coefficient (Wildman–Crippen LogP) is 1.75. The average molecular weight is 215 g/mol. The summed E-state index contributed by atoms with van der Waals surface area (Å²) in [6, 6.07) is 0. The minimum atomic E-state index is -4.71. The topological polar surface area (TPSA) is 43.8 Å². The van der Waals surface area contributed by atoms with Crippen molar-refractivity contribution in [2.45, 2.75) is 19.1 Å². The van der Waals surface area contributed by atoms with Crippen molar-refractivity contribution in [2.75, 3.05) is 5.73 Å². The molecule has 0 unspecified atom stereocenters. The Kier molecular flexibility index (Phi) is 2.63. The van der Waals surface area contributed by atoms with Crippen molar-refractivity contribution in [1.82, 2.24) is 9.78 Å². The summed E-state index contributed by atoms with van der Waals surface area (Å²) in [5.74, 6) is 0. The van der Waals surface area contributed by atoms with E-state index in [1.54, 1.807) is 0 Å². The molecule has 0 bridgehead atoms. The number of aromatic nitrogens is 2. The highest BCUT2D eigenvalue weighted by atomic mass is 19.4. The molecule has 0 fully saturated rings. The molecule has 0 amide bonds. The molecule has 1 heterocycles. The summed E-state index contributed by atoms with van der Waals surface area (Å²) >= 11 is 0. The molecule has 0 aliphatic rings. The first kappa shape index (κ1) is 10.7. The van der Waals surface area contributed by atoms with E-state index in [0.29, 0.717) is 4.68 Å². The van der Waals surface area contributed by atoms with Gasteiger partial charge in [0.1, 0.15) is 6.54 Å². The van der Waals surface area contributed by atoms with Gasteiger partial charge in [-0.15, -0.1) is 0 Å². The van der Waals surface area contributed by atoms with Crippen molar-refractivity contribution in [2.24, 2.45) is 0 Å². The normalized spacial score (nSPS) is 12.4. The number of halogens is 5. The number of anilines is 1. The maximum atomic E-state index is 12.1. The second kappa shape index (κ2) is 3.43. The quantitative estimate of drug-likeness (QED) is 0.763. The lowest BCUT2D eigenvalue weighted by Gasteiger charge is -2.02. The van der Waals surface area contributed by atoms with E-state index in [1.165, 1.54) is 0 Å². The third-order valence-corrected chi connectivity index (χ3v) is 1.38. The van der Waals surface area contributed by atoms with Crippen LogP contribution >= 0.6 is 0 Å². The molecular formula is C6H6F5N3. The Hall–Kier alpha value is -1.34. The van der Waals surface area contributed by atoms with Gasteiger partial charge < -0.3 is 5.73 Å². The summed E-state index contributed by atoms with van der Waals surface area (Å²) in [6.45, 7) is -0.902. The van der Waals surface area contributed by atoms with Crippen molar-refractivity contribution in [3.63, 3.8) is 0 Å². The Balaban J connectivity index is 2.94. The second-order valence-corrected chi connectivity index (χ2v) is 2.54. The van der Waals surface area contributed by atoms with Crippen LogP contribution in [-0.2, 0) is 12.7 Å². The lowest BCUT2D eigenvalue weighted by atomic mass is 10.4. The molecule has 0 radical (unpaired) electrons. The molecule has 1 rings (SSSR count). The molecule has 8 heteroatoms. The van der Waals surface area contributed by atoms with Crippen LogP contribution in [0.25, 0.3) is 0 Å². The Bertz CT molecular complexity index is 316. The van der Waals surface area contributed by atoms with E-state index >= 15 is 0 Å². The molecule has 80 valence electrons. The summed E-state index contributed by atoms with van der Waals surface area (Å²) in [5.41, 5.74) is 2.97. The minimum Gasteiger partial charge on any atom is -0.396 e. The zero-order valence-corrected chi connectivity index (χ0v) is 6.72. The van der Waals surface area contributed by atoms with Gasteiger partial charge in [-0.1, -0.05) is 0 Å². The van der Waals surface area contributed by atoms with Gasteiger partial charge in [0.05, 0.1) is 5.69 Å². The number of nitrogens with two attached hydrogens (primary N) is 1. The second-order valence-electron chi connectivity index (χ2n) is 2.54. The molecule has 1 aromatic rings. The van der Waals surface area contributed by atoms with Crippen LogP contribution in [0, 0.1) is 0 Å². The van der Waals surface area contributed by atoms with Gasteiger partial charge in [-0.25, -0.2) is 8.78 Å². The minimum absolute atomic E-state index is 0.475. The van der Waals surface area contributed by atoms with Crippen LogP contribution in [0.15, 0.2) is 6.20 Å². The van der Waals surface area contributed by atoms with Crippen LogP contribution in [0.5, 0.6) is 0 Å². The number of hydrogen-bond donors (Lipinski definition) is 1. The van der Waals surface area contributed by atoms with Crippen molar-refractivity contribution in [3.05, 3.63) is 11.9 Å². The summed E-state index contributed by atoms with van der Waals surface area (Å²) in [6.07, 6.45) is -6.75. The number of alkyl halides is 5.